The van der Waals surface area contributed by atoms with Crippen LogP contribution in [0.15, 0.2) is 28.8 Å². The summed E-state index contributed by atoms with van der Waals surface area (Å²) in [6, 6.07) is 7.36. The molecule has 2 N–H and O–H groups in total. The van der Waals surface area contributed by atoms with Gasteiger partial charge in [-0.05, 0) is 38.1 Å². The zero-order chi connectivity index (χ0) is 13.1. The molecule has 0 radical (unpaired) electrons. The van der Waals surface area contributed by atoms with E-state index in [0.717, 1.165) is 28.3 Å². The van der Waals surface area contributed by atoms with Gasteiger partial charge in [0.15, 0.2) is 0 Å². The van der Waals surface area contributed by atoms with Crippen molar-refractivity contribution in [2.75, 3.05) is 0 Å². The maximum Gasteiger partial charge on any atom is 0.140 e. The standard InChI is InChI=1S/C13H14N2O2S/c1-8-12(9(2)17-15-8)7-16-11-5-3-10(4-6-11)13(14)18/h3-6H,7H2,1-2H3,(H2,14,18). The molecular weight excluding hydrogens is 248 g/mol. The van der Waals surface area contributed by atoms with E-state index in [1.807, 2.05) is 38.1 Å². The molecule has 0 saturated carbocycles. The van der Waals surface area contributed by atoms with Crippen molar-refractivity contribution in [2.24, 2.45) is 5.73 Å². The predicted octanol–water partition coefficient (Wildman–Crippen LogP) is 2.50. The van der Waals surface area contributed by atoms with Gasteiger partial charge in [-0.3, -0.25) is 0 Å². The molecule has 0 unspecified atom stereocenters. The van der Waals surface area contributed by atoms with Crippen LogP contribution in [0.4, 0.5) is 0 Å². The van der Waals surface area contributed by atoms with Crippen molar-refractivity contribution in [3.05, 3.63) is 46.8 Å². The molecule has 94 valence electrons. The van der Waals surface area contributed by atoms with Crippen molar-refractivity contribution in [2.45, 2.75) is 20.5 Å². The zero-order valence-corrected chi connectivity index (χ0v) is 11.1. The summed E-state index contributed by atoms with van der Waals surface area (Å²) in [7, 11) is 0. The monoisotopic (exact) mass is 262 g/mol. The van der Waals surface area contributed by atoms with Gasteiger partial charge in [-0.1, -0.05) is 17.4 Å². The Morgan fingerprint density at radius 1 is 1.33 bits per heavy atom. The van der Waals surface area contributed by atoms with E-state index in [9.17, 15) is 0 Å². The summed E-state index contributed by atoms with van der Waals surface area (Å²) in [5.74, 6) is 1.54. The quantitative estimate of drug-likeness (QED) is 0.858. The van der Waals surface area contributed by atoms with Gasteiger partial charge in [0.05, 0.1) is 11.3 Å². The second-order valence-electron chi connectivity index (χ2n) is 3.98. The lowest BCUT2D eigenvalue weighted by Gasteiger charge is -2.06. The Labute approximate surface area is 111 Å². The van der Waals surface area contributed by atoms with Gasteiger partial charge in [-0.2, -0.15) is 0 Å². The topological polar surface area (TPSA) is 61.3 Å². The highest BCUT2D eigenvalue weighted by Gasteiger charge is 2.09. The molecule has 0 amide bonds. The summed E-state index contributed by atoms with van der Waals surface area (Å²) >= 11 is 4.89. The highest BCUT2D eigenvalue weighted by Crippen LogP contribution is 2.17. The van der Waals surface area contributed by atoms with Crippen LogP contribution in [0.5, 0.6) is 5.75 Å². The fourth-order valence-electron chi connectivity index (χ4n) is 1.58. The fraction of sp³-hybridized carbons (Fsp3) is 0.231. The molecule has 0 spiro atoms. The number of thiocarbonyl (C=S) groups is 1. The first-order valence-corrected chi connectivity index (χ1v) is 5.93. The van der Waals surface area contributed by atoms with Crippen molar-refractivity contribution in [3.63, 3.8) is 0 Å². The van der Waals surface area contributed by atoms with Gasteiger partial charge in [-0.25, -0.2) is 0 Å². The number of benzene rings is 1. The number of rotatable bonds is 4. The molecule has 0 bridgehead atoms. The number of nitrogens with two attached hydrogens (primary N) is 1. The van der Waals surface area contributed by atoms with Gasteiger partial charge in [0.2, 0.25) is 0 Å². The van der Waals surface area contributed by atoms with E-state index < -0.39 is 0 Å². The molecule has 0 saturated heterocycles. The number of hydrogen-bond donors (Lipinski definition) is 1. The smallest absolute Gasteiger partial charge is 0.140 e. The molecule has 0 aliphatic rings. The zero-order valence-electron chi connectivity index (χ0n) is 10.3. The van der Waals surface area contributed by atoms with E-state index in [2.05, 4.69) is 5.16 Å². The first-order valence-electron chi connectivity index (χ1n) is 5.52. The van der Waals surface area contributed by atoms with Crippen LogP contribution in [-0.2, 0) is 6.61 Å². The van der Waals surface area contributed by atoms with E-state index in [1.54, 1.807) is 0 Å². The Bertz CT molecular complexity index is 541. The highest BCUT2D eigenvalue weighted by molar-refractivity contribution is 7.80. The molecule has 18 heavy (non-hydrogen) atoms. The Kier molecular flexibility index (Phi) is 3.62. The number of aryl methyl sites for hydroxylation is 2. The van der Waals surface area contributed by atoms with Gasteiger partial charge in [-0.15, -0.1) is 0 Å². The van der Waals surface area contributed by atoms with E-state index in [0.29, 0.717) is 11.6 Å². The van der Waals surface area contributed by atoms with Crippen molar-refractivity contribution in [1.29, 1.82) is 0 Å². The lowest BCUT2D eigenvalue weighted by Crippen LogP contribution is -2.08. The minimum atomic E-state index is 0.382. The lowest BCUT2D eigenvalue weighted by atomic mass is 10.2. The van der Waals surface area contributed by atoms with Crippen LogP contribution in [0.25, 0.3) is 0 Å². The van der Waals surface area contributed by atoms with Gasteiger partial charge in [0, 0.05) is 5.56 Å². The molecule has 2 rings (SSSR count). The summed E-state index contributed by atoms with van der Waals surface area (Å²) in [5.41, 5.74) is 8.19. The number of nitrogens with zero attached hydrogens (tertiary/aromatic N) is 1. The summed E-state index contributed by atoms with van der Waals surface area (Å²) in [6.45, 7) is 4.20. The molecule has 4 nitrogen and oxygen atoms in total. The largest absolute Gasteiger partial charge is 0.489 e. The van der Waals surface area contributed by atoms with E-state index in [-0.39, 0.29) is 0 Å². The molecule has 0 atom stereocenters. The van der Waals surface area contributed by atoms with Crippen LogP contribution < -0.4 is 10.5 Å². The SMILES string of the molecule is Cc1noc(C)c1COc1ccc(C(N)=S)cc1. The molecule has 0 aliphatic carbocycles. The Morgan fingerprint density at radius 3 is 2.50 bits per heavy atom. The second-order valence-corrected chi connectivity index (χ2v) is 4.42. The average Bonchev–Trinajstić information content (AvgIpc) is 2.67. The van der Waals surface area contributed by atoms with Gasteiger partial charge in [0.1, 0.15) is 23.1 Å². The van der Waals surface area contributed by atoms with E-state index >= 15 is 0 Å². The normalized spacial score (nSPS) is 10.3. The van der Waals surface area contributed by atoms with Gasteiger partial charge < -0.3 is 15.0 Å². The van der Waals surface area contributed by atoms with Crippen LogP contribution in [-0.4, -0.2) is 10.1 Å². The number of ether oxygens (including phenoxy) is 1. The lowest BCUT2D eigenvalue weighted by molar-refractivity contribution is 0.301. The number of aromatic nitrogens is 1. The highest BCUT2D eigenvalue weighted by atomic mass is 32.1. The predicted molar refractivity (Wildman–Crippen MR) is 72.6 cm³/mol. The summed E-state index contributed by atoms with van der Waals surface area (Å²) in [5, 5.41) is 3.88. The van der Waals surface area contributed by atoms with Crippen LogP contribution in [0.2, 0.25) is 0 Å². The minimum Gasteiger partial charge on any atom is -0.489 e. The third kappa shape index (κ3) is 2.68. The van der Waals surface area contributed by atoms with Crippen molar-refractivity contribution in [3.8, 4) is 5.75 Å². The van der Waals surface area contributed by atoms with Crippen LogP contribution >= 0.6 is 12.2 Å². The van der Waals surface area contributed by atoms with Crippen molar-refractivity contribution < 1.29 is 9.26 Å². The molecule has 2 aromatic rings. The third-order valence-electron chi connectivity index (χ3n) is 2.70. The molecule has 0 aliphatic heterocycles. The third-order valence-corrected chi connectivity index (χ3v) is 2.94. The molecule has 1 heterocycles. The maximum absolute atomic E-state index is 5.66. The Balaban J connectivity index is 2.04. The summed E-state index contributed by atoms with van der Waals surface area (Å²) in [6.07, 6.45) is 0. The van der Waals surface area contributed by atoms with Crippen LogP contribution in [0.1, 0.15) is 22.6 Å². The van der Waals surface area contributed by atoms with Gasteiger partial charge >= 0.3 is 0 Å². The Morgan fingerprint density at radius 2 is 2.00 bits per heavy atom. The minimum absolute atomic E-state index is 0.382. The van der Waals surface area contributed by atoms with Gasteiger partial charge in [0.25, 0.3) is 0 Å². The number of hydrogen-bond acceptors (Lipinski definition) is 4. The summed E-state index contributed by atoms with van der Waals surface area (Å²) < 4.78 is 10.7. The van der Waals surface area contributed by atoms with Crippen molar-refractivity contribution >= 4 is 17.2 Å². The van der Waals surface area contributed by atoms with Crippen LogP contribution in [0.3, 0.4) is 0 Å². The average molecular weight is 262 g/mol. The van der Waals surface area contributed by atoms with Crippen molar-refractivity contribution in [1.82, 2.24) is 5.16 Å². The first kappa shape index (κ1) is 12.6. The molecule has 5 heteroatoms. The van der Waals surface area contributed by atoms with E-state index in [4.69, 9.17) is 27.2 Å². The molecule has 1 aromatic carbocycles. The van der Waals surface area contributed by atoms with Crippen LogP contribution in [0, 0.1) is 13.8 Å². The Hall–Kier alpha value is -1.88. The van der Waals surface area contributed by atoms with E-state index in [1.165, 1.54) is 0 Å². The molecule has 0 fully saturated rings. The second kappa shape index (κ2) is 5.18. The fourth-order valence-corrected chi connectivity index (χ4v) is 1.71. The first-order chi connectivity index (χ1) is 8.58. The maximum atomic E-state index is 5.66. The molecule has 1 aromatic heterocycles. The molecular formula is C13H14N2O2S. The summed E-state index contributed by atoms with van der Waals surface area (Å²) in [4.78, 5) is 0.382.